The maximum absolute atomic E-state index is 12.8. The minimum absolute atomic E-state index is 0.0802. The van der Waals surface area contributed by atoms with Gasteiger partial charge in [-0.2, -0.15) is 0 Å². The Bertz CT molecular complexity index is 986. The minimum atomic E-state index is -0.352. The highest BCUT2D eigenvalue weighted by molar-refractivity contribution is 7.12. The van der Waals surface area contributed by atoms with Crippen molar-refractivity contribution in [1.82, 2.24) is 9.88 Å². The van der Waals surface area contributed by atoms with Gasteiger partial charge >= 0.3 is 5.97 Å². The second kappa shape index (κ2) is 6.04. The van der Waals surface area contributed by atoms with Gasteiger partial charge in [-0.05, 0) is 42.1 Å². The molecule has 25 heavy (non-hydrogen) atoms. The largest absolute Gasteiger partial charge is 0.465 e. The van der Waals surface area contributed by atoms with Gasteiger partial charge in [0.15, 0.2) is 0 Å². The molecule has 3 aromatic rings. The van der Waals surface area contributed by atoms with Gasteiger partial charge in [-0.3, -0.25) is 4.79 Å². The van der Waals surface area contributed by atoms with E-state index in [1.165, 1.54) is 18.4 Å². The number of ether oxygens (including phenoxy) is 1. The number of aromatic nitrogens is 1. The molecule has 0 aliphatic carbocycles. The molecule has 1 aliphatic rings. The van der Waals surface area contributed by atoms with Crippen molar-refractivity contribution < 1.29 is 14.3 Å². The Labute approximate surface area is 149 Å². The Morgan fingerprint density at radius 2 is 2.12 bits per heavy atom. The highest BCUT2D eigenvalue weighted by Gasteiger charge is 2.26. The summed E-state index contributed by atoms with van der Waals surface area (Å²) in [4.78, 5) is 30.8. The van der Waals surface area contributed by atoms with Gasteiger partial charge in [-0.15, -0.1) is 11.3 Å². The van der Waals surface area contributed by atoms with Crippen LogP contribution < -0.4 is 0 Å². The van der Waals surface area contributed by atoms with Crippen LogP contribution in [0.2, 0.25) is 0 Å². The fourth-order valence-electron chi connectivity index (χ4n) is 3.37. The second-order valence-corrected chi connectivity index (χ2v) is 7.16. The van der Waals surface area contributed by atoms with Crippen LogP contribution in [0.1, 0.15) is 36.9 Å². The number of amides is 1. The van der Waals surface area contributed by atoms with E-state index in [2.05, 4.69) is 4.98 Å². The zero-order chi connectivity index (χ0) is 17.6. The third-order valence-electron chi connectivity index (χ3n) is 4.74. The van der Waals surface area contributed by atoms with Gasteiger partial charge in [0.25, 0.3) is 5.91 Å². The van der Waals surface area contributed by atoms with Gasteiger partial charge in [-0.25, -0.2) is 4.79 Å². The zero-order valence-electron chi connectivity index (χ0n) is 14.1. The number of esters is 1. The lowest BCUT2D eigenvalue weighted by Gasteiger charge is -2.27. The van der Waals surface area contributed by atoms with Crippen molar-refractivity contribution in [3.8, 4) is 0 Å². The first-order chi connectivity index (χ1) is 12.1. The molecule has 0 fully saturated rings. The van der Waals surface area contributed by atoms with Crippen molar-refractivity contribution in [2.24, 2.45) is 0 Å². The summed E-state index contributed by atoms with van der Waals surface area (Å²) in [5.41, 5.74) is 4.76. The maximum Gasteiger partial charge on any atom is 0.337 e. The number of nitrogens with one attached hydrogen (secondary N) is 1. The van der Waals surface area contributed by atoms with Gasteiger partial charge in [0.2, 0.25) is 0 Å². The fourth-order valence-corrected chi connectivity index (χ4v) is 4.26. The number of nitrogens with zero attached hydrogens (tertiary/aromatic N) is 1. The number of carbonyl (C=O) groups is 2. The Morgan fingerprint density at radius 3 is 2.84 bits per heavy atom. The average molecular weight is 354 g/mol. The second-order valence-electron chi connectivity index (χ2n) is 6.24. The molecule has 0 radical (unpaired) electrons. The quantitative estimate of drug-likeness (QED) is 0.716. The van der Waals surface area contributed by atoms with Crippen LogP contribution in [0.3, 0.4) is 0 Å². The predicted octanol–water partition coefficient (Wildman–Crippen LogP) is 3.52. The summed E-state index contributed by atoms with van der Waals surface area (Å²) in [7, 11) is 1.38. The lowest BCUT2D eigenvalue weighted by Crippen LogP contribution is -2.35. The Hall–Kier alpha value is -2.60. The third kappa shape index (κ3) is 2.62. The minimum Gasteiger partial charge on any atom is -0.465 e. The molecule has 3 heterocycles. The van der Waals surface area contributed by atoms with E-state index in [0.29, 0.717) is 18.7 Å². The summed E-state index contributed by atoms with van der Waals surface area (Å²) < 4.78 is 4.81. The van der Waals surface area contributed by atoms with E-state index < -0.39 is 0 Å². The molecule has 4 rings (SSSR count). The van der Waals surface area contributed by atoms with Gasteiger partial charge in [0.05, 0.1) is 17.6 Å². The Kier molecular flexibility index (Phi) is 3.84. The third-order valence-corrected chi connectivity index (χ3v) is 5.74. The number of carbonyl (C=O) groups excluding carboxylic acids is 2. The molecule has 1 aromatic carbocycles. The lowest BCUT2D eigenvalue weighted by atomic mass is 10.0. The number of benzene rings is 1. The van der Waals surface area contributed by atoms with Crippen molar-refractivity contribution in [3.05, 3.63) is 56.9 Å². The van der Waals surface area contributed by atoms with E-state index in [1.54, 1.807) is 6.07 Å². The maximum atomic E-state index is 12.8. The zero-order valence-corrected chi connectivity index (χ0v) is 14.9. The summed E-state index contributed by atoms with van der Waals surface area (Å²) in [5, 5.41) is 2.94. The Balaban J connectivity index is 1.71. The van der Waals surface area contributed by atoms with Crippen molar-refractivity contribution in [2.45, 2.75) is 19.9 Å². The smallest absolute Gasteiger partial charge is 0.337 e. The van der Waals surface area contributed by atoms with Crippen LogP contribution in [0, 0.1) is 6.92 Å². The molecule has 0 saturated carbocycles. The molecule has 5 nitrogen and oxygen atoms in total. The van der Waals surface area contributed by atoms with E-state index in [9.17, 15) is 9.59 Å². The van der Waals surface area contributed by atoms with Crippen LogP contribution in [0.15, 0.2) is 29.6 Å². The standard InChI is InChI=1S/C19H18N2O3S/c1-11-6-8-25-17(11)18(22)21-7-5-16-14(10-21)13-9-12(19(23)24-2)3-4-15(13)20-16/h3-4,6,8-9,20H,5,7,10H2,1-2H3. The molecular formula is C19H18N2O3S. The molecule has 128 valence electrons. The normalized spacial score (nSPS) is 13.8. The van der Waals surface area contributed by atoms with E-state index >= 15 is 0 Å². The van der Waals surface area contributed by atoms with Crippen molar-refractivity contribution in [2.75, 3.05) is 13.7 Å². The number of H-pyrrole nitrogens is 1. The molecule has 1 aliphatic heterocycles. The van der Waals surface area contributed by atoms with Crippen molar-refractivity contribution >= 4 is 34.1 Å². The fraction of sp³-hybridized carbons (Fsp3) is 0.263. The first-order valence-electron chi connectivity index (χ1n) is 8.13. The average Bonchev–Trinajstić information content (AvgIpc) is 3.22. The summed E-state index contributed by atoms with van der Waals surface area (Å²) in [6.07, 6.45) is 0.785. The van der Waals surface area contributed by atoms with Gasteiger partial charge < -0.3 is 14.6 Å². The number of methoxy groups -OCH3 is 1. The molecular weight excluding hydrogens is 336 g/mol. The monoisotopic (exact) mass is 354 g/mol. The van der Waals surface area contributed by atoms with Crippen LogP contribution in [0.4, 0.5) is 0 Å². The molecule has 0 saturated heterocycles. The molecule has 0 bridgehead atoms. The topological polar surface area (TPSA) is 62.4 Å². The number of hydrogen-bond acceptors (Lipinski definition) is 4. The number of aromatic amines is 1. The van der Waals surface area contributed by atoms with E-state index in [4.69, 9.17) is 4.74 Å². The summed E-state index contributed by atoms with van der Waals surface area (Å²) in [6, 6.07) is 7.48. The van der Waals surface area contributed by atoms with E-state index in [0.717, 1.165) is 39.0 Å². The van der Waals surface area contributed by atoms with Crippen LogP contribution in [-0.2, 0) is 17.7 Å². The summed E-state index contributed by atoms with van der Waals surface area (Å²) in [5.74, 6) is -0.272. The predicted molar refractivity (Wildman–Crippen MR) is 97.1 cm³/mol. The number of aryl methyl sites for hydroxylation is 1. The van der Waals surface area contributed by atoms with Crippen LogP contribution in [0.5, 0.6) is 0 Å². The van der Waals surface area contributed by atoms with E-state index in [1.807, 2.05) is 35.4 Å². The van der Waals surface area contributed by atoms with Gasteiger partial charge in [-0.1, -0.05) is 0 Å². The summed E-state index contributed by atoms with van der Waals surface area (Å²) >= 11 is 1.49. The summed E-state index contributed by atoms with van der Waals surface area (Å²) in [6.45, 7) is 3.21. The number of rotatable bonds is 2. The molecule has 0 spiro atoms. The molecule has 1 N–H and O–H groups in total. The lowest BCUT2D eigenvalue weighted by molar-refractivity contribution is 0.0600. The highest BCUT2D eigenvalue weighted by atomic mass is 32.1. The molecule has 1 amide bonds. The van der Waals surface area contributed by atoms with Crippen LogP contribution >= 0.6 is 11.3 Å². The van der Waals surface area contributed by atoms with Crippen LogP contribution in [0.25, 0.3) is 10.9 Å². The first kappa shape index (κ1) is 15.9. The molecule has 0 unspecified atom stereocenters. The van der Waals surface area contributed by atoms with Crippen molar-refractivity contribution in [1.29, 1.82) is 0 Å². The molecule has 0 atom stereocenters. The van der Waals surface area contributed by atoms with Gasteiger partial charge in [0.1, 0.15) is 0 Å². The molecule has 6 heteroatoms. The van der Waals surface area contributed by atoms with E-state index in [-0.39, 0.29) is 11.9 Å². The number of thiophene rings is 1. The highest BCUT2D eigenvalue weighted by Crippen LogP contribution is 2.30. The van der Waals surface area contributed by atoms with Gasteiger partial charge in [0, 0.05) is 41.7 Å². The number of hydrogen-bond donors (Lipinski definition) is 1. The van der Waals surface area contributed by atoms with Crippen molar-refractivity contribution in [3.63, 3.8) is 0 Å². The Morgan fingerprint density at radius 1 is 1.28 bits per heavy atom. The number of fused-ring (bicyclic) bond motifs is 3. The van der Waals surface area contributed by atoms with Crippen LogP contribution in [-0.4, -0.2) is 35.4 Å². The molecule has 2 aromatic heterocycles. The first-order valence-corrected chi connectivity index (χ1v) is 9.01. The SMILES string of the molecule is COC(=O)c1ccc2[nH]c3c(c2c1)CN(C(=O)c1sccc1C)CC3.